The zero-order chi connectivity index (χ0) is 14.7. The van der Waals surface area contributed by atoms with E-state index in [0.29, 0.717) is 0 Å². The molecule has 1 nitrogen and oxygen atoms in total. The molecular formula is C17H19BrClN. The van der Waals surface area contributed by atoms with Gasteiger partial charge in [0, 0.05) is 15.5 Å². The lowest BCUT2D eigenvalue weighted by molar-refractivity contribution is 0.588. The molecule has 0 saturated carbocycles. The predicted octanol–water partition coefficient (Wildman–Crippen LogP) is 5.22. The molecule has 106 valence electrons. The Kier molecular flexibility index (Phi) is 5.25. The smallest absolute Gasteiger partial charge is 0.0449 e. The fourth-order valence-electron chi connectivity index (χ4n) is 2.41. The van der Waals surface area contributed by atoms with Crippen LogP contribution in [0.25, 0.3) is 0 Å². The number of hydrogen-bond acceptors (Lipinski definition) is 1. The molecule has 0 aliphatic rings. The van der Waals surface area contributed by atoms with Crippen molar-refractivity contribution in [1.82, 2.24) is 5.32 Å². The highest BCUT2D eigenvalue weighted by molar-refractivity contribution is 9.10. The van der Waals surface area contributed by atoms with Gasteiger partial charge in [-0.3, -0.25) is 0 Å². The van der Waals surface area contributed by atoms with Crippen LogP contribution in [0.2, 0.25) is 5.02 Å². The summed E-state index contributed by atoms with van der Waals surface area (Å²) in [6, 6.07) is 12.9. The Morgan fingerprint density at radius 1 is 1.15 bits per heavy atom. The summed E-state index contributed by atoms with van der Waals surface area (Å²) in [5.41, 5.74) is 5.09. The maximum absolute atomic E-state index is 6.33. The number of likely N-dealkylation sites (N-methyl/N-ethyl adjacent to an activating group) is 1. The van der Waals surface area contributed by atoms with Crippen LogP contribution in [-0.4, -0.2) is 7.05 Å². The topological polar surface area (TPSA) is 12.0 Å². The Morgan fingerprint density at radius 3 is 2.55 bits per heavy atom. The van der Waals surface area contributed by atoms with Crippen LogP contribution in [0.4, 0.5) is 0 Å². The van der Waals surface area contributed by atoms with Crippen molar-refractivity contribution in [2.45, 2.75) is 26.3 Å². The molecule has 0 aliphatic heterocycles. The normalized spacial score (nSPS) is 12.4. The van der Waals surface area contributed by atoms with E-state index in [1.165, 1.54) is 16.7 Å². The van der Waals surface area contributed by atoms with Gasteiger partial charge >= 0.3 is 0 Å². The van der Waals surface area contributed by atoms with E-state index in [9.17, 15) is 0 Å². The van der Waals surface area contributed by atoms with Crippen LogP contribution in [0.5, 0.6) is 0 Å². The van der Waals surface area contributed by atoms with Gasteiger partial charge in [-0.1, -0.05) is 57.4 Å². The van der Waals surface area contributed by atoms with Crippen molar-refractivity contribution in [2.24, 2.45) is 0 Å². The molecule has 0 aromatic heterocycles. The summed E-state index contributed by atoms with van der Waals surface area (Å²) < 4.78 is 1.01. The summed E-state index contributed by atoms with van der Waals surface area (Å²) in [6.45, 7) is 4.28. The molecule has 0 fully saturated rings. The van der Waals surface area contributed by atoms with Crippen LogP contribution in [0, 0.1) is 13.8 Å². The van der Waals surface area contributed by atoms with E-state index in [1.807, 2.05) is 19.2 Å². The lowest BCUT2D eigenvalue weighted by Gasteiger charge is -2.20. The molecule has 2 rings (SSSR count). The van der Waals surface area contributed by atoms with Gasteiger partial charge in [0.15, 0.2) is 0 Å². The predicted molar refractivity (Wildman–Crippen MR) is 90.6 cm³/mol. The van der Waals surface area contributed by atoms with Crippen molar-refractivity contribution in [3.05, 3.63) is 68.1 Å². The van der Waals surface area contributed by atoms with Gasteiger partial charge in [-0.05, 0) is 56.1 Å². The molecule has 2 aromatic rings. The molecule has 20 heavy (non-hydrogen) atoms. The molecule has 0 radical (unpaired) electrons. The molecular weight excluding hydrogens is 334 g/mol. The van der Waals surface area contributed by atoms with E-state index < -0.39 is 0 Å². The van der Waals surface area contributed by atoms with E-state index in [0.717, 1.165) is 21.5 Å². The minimum atomic E-state index is 0.272. The van der Waals surface area contributed by atoms with Gasteiger partial charge in [-0.25, -0.2) is 0 Å². The third-order valence-corrected chi connectivity index (χ3v) is 4.44. The summed E-state index contributed by atoms with van der Waals surface area (Å²) in [7, 11) is 2.00. The summed E-state index contributed by atoms with van der Waals surface area (Å²) in [5, 5.41) is 4.22. The van der Waals surface area contributed by atoms with Crippen molar-refractivity contribution >= 4 is 27.5 Å². The van der Waals surface area contributed by atoms with E-state index in [1.54, 1.807) is 0 Å². The Labute approximate surface area is 134 Å². The quantitative estimate of drug-likeness (QED) is 0.795. The van der Waals surface area contributed by atoms with E-state index in [2.05, 4.69) is 59.4 Å². The summed E-state index contributed by atoms with van der Waals surface area (Å²) >= 11 is 9.78. The third-order valence-electron chi connectivity index (χ3n) is 3.60. The first-order chi connectivity index (χ1) is 9.51. The number of halogens is 2. The molecule has 0 bridgehead atoms. The lowest BCUT2D eigenvalue weighted by atomic mass is 9.94. The average molecular weight is 353 g/mol. The highest BCUT2D eigenvalue weighted by Gasteiger charge is 2.14. The van der Waals surface area contributed by atoms with Crippen LogP contribution in [-0.2, 0) is 6.42 Å². The fourth-order valence-corrected chi connectivity index (χ4v) is 3.16. The van der Waals surface area contributed by atoms with Crippen molar-refractivity contribution < 1.29 is 0 Å². The fraction of sp³-hybridized carbons (Fsp3) is 0.294. The SMILES string of the molecule is CNC(Cc1ccc(Br)cc1Cl)c1cc(C)ccc1C. The first-order valence-electron chi connectivity index (χ1n) is 6.69. The first kappa shape index (κ1) is 15.6. The Balaban J connectivity index is 2.31. The van der Waals surface area contributed by atoms with Crippen LogP contribution in [0.1, 0.15) is 28.3 Å². The average Bonchev–Trinajstić information content (AvgIpc) is 2.41. The van der Waals surface area contributed by atoms with Crippen LogP contribution in [0.3, 0.4) is 0 Å². The summed E-state index contributed by atoms with van der Waals surface area (Å²) in [6.07, 6.45) is 0.882. The molecule has 1 N–H and O–H groups in total. The Bertz CT molecular complexity index is 610. The van der Waals surface area contributed by atoms with Gasteiger partial charge < -0.3 is 5.32 Å². The van der Waals surface area contributed by atoms with Gasteiger partial charge in [0.2, 0.25) is 0 Å². The minimum Gasteiger partial charge on any atom is -0.313 e. The number of rotatable bonds is 4. The van der Waals surface area contributed by atoms with Crippen LogP contribution >= 0.6 is 27.5 Å². The highest BCUT2D eigenvalue weighted by Crippen LogP contribution is 2.28. The van der Waals surface area contributed by atoms with E-state index in [4.69, 9.17) is 11.6 Å². The molecule has 0 spiro atoms. The maximum Gasteiger partial charge on any atom is 0.0449 e. The second-order valence-corrected chi connectivity index (χ2v) is 6.46. The van der Waals surface area contributed by atoms with Crippen molar-refractivity contribution in [3.8, 4) is 0 Å². The zero-order valence-electron chi connectivity index (χ0n) is 12.0. The molecule has 0 saturated heterocycles. The zero-order valence-corrected chi connectivity index (χ0v) is 14.3. The largest absolute Gasteiger partial charge is 0.313 e. The second-order valence-electron chi connectivity index (χ2n) is 5.14. The van der Waals surface area contributed by atoms with Gasteiger partial charge in [0.05, 0.1) is 0 Å². The molecule has 1 unspecified atom stereocenters. The summed E-state index contributed by atoms with van der Waals surface area (Å²) in [4.78, 5) is 0. The number of nitrogens with one attached hydrogen (secondary N) is 1. The Morgan fingerprint density at radius 2 is 1.90 bits per heavy atom. The lowest BCUT2D eigenvalue weighted by Crippen LogP contribution is -2.20. The molecule has 0 heterocycles. The van der Waals surface area contributed by atoms with E-state index in [-0.39, 0.29) is 6.04 Å². The van der Waals surface area contributed by atoms with Gasteiger partial charge in [-0.15, -0.1) is 0 Å². The van der Waals surface area contributed by atoms with E-state index >= 15 is 0 Å². The van der Waals surface area contributed by atoms with Gasteiger partial charge in [0.1, 0.15) is 0 Å². The van der Waals surface area contributed by atoms with Crippen LogP contribution in [0.15, 0.2) is 40.9 Å². The maximum atomic E-state index is 6.33. The summed E-state index contributed by atoms with van der Waals surface area (Å²) in [5.74, 6) is 0. The van der Waals surface area contributed by atoms with Crippen molar-refractivity contribution in [1.29, 1.82) is 0 Å². The third kappa shape index (κ3) is 3.63. The molecule has 0 aliphatic carbocycles. The number of hydrogen-bond donors (Lipinski definition) is 1. The standard InChI is InChI=1S/C17H19BrClN/c1-11-4-5-12(2)15(8-11)17(20-3)9-13-6-7-14(18)10-16(13)19/h4-8,10,17,20H,9H2,1-3H3. The van der Waals surface area contributed by atoms with Gasteiger partial charge in [-0.2, -0.15) is 0 Å². The molecule has 1 atom stereocenters. The van der Waals surface area contributed by atoms with Crippen molar-refractivity contribution in [2.75, 3.05) is 7.05 Å². The number of benzene rings is 2. The van der Waals surface area contributed by atoms with Crippen molar-refractivity contribution in [3.63, 3.8) is 0 Å². The van der Waals surface area contributed by atoms with Crippen LogP contribution < -0.4 is 5.32 Å². The minimum absolute atomic E-state index is 0.272. The number of aryl methyl sites for hydroxylation is 2. The monoisotopic (exact) mass is 351 g/mol. The highest BCUT2D eigenvalue weighted by atomic mass is 79.9. The first-order valence-corrected chi connectivity index (χ1v) is 7.86. The second kappa shape index (κ2) is 6.75. The molecule has 3 heteroatoms. The van der Waals surface area contributed by atoms with Gasteiger partial charge in [0.25, 0.3) is 0 Å². The molecule has 2 aromatic carbocycles. The Hall–Kier alpha value is -0.830. The molecule has 0 amide bonds.